The van der Waals surface area contributed by atoms with Crippen LogP contribution in [0.25, 0.3) is 0 Å². The Morgan fingerprint density at radius 3 is 2.30 bits per heavy atom. The normalized spacial score (nSPS) is 15.0. The van der Waals surface area contributed by atoms with E-state index in [2.05, 4.69) is 44.0 Å². The standard InChI is InChI=1S/C16H22N6O/c1-11-14(15(23)20-16(18)19-11)22-8-6-21(7-9-22)13-4-2-12(10-17)3-5-13/h2-5H,6-10,17H2,1H3,(H3,18,19,20,23). The highest BCUT2D eigenvalue weighted by Crippen LogP contribution is 2.20. The van der Waals surface area contributed by atoms with Crippen LogP contribution in [0, 0.1) is 6.92 Å². The van der Waals surface area contributed by atoms with Crippen LogP contribution < -0.4 is 26.8 Å². The molecule has 7 nitrogen and oxygen atoms in total. The Morgan fingerprint density at radius 1 is 1.13 bits per heavy atom. The average molecular weight is 314 g/mol. The van der Waals surface area contributed by atoms with E-state index in [0.717, 1.165) is 31.7 Å². The fourth-order valence-electron chi connectivity index (χ4n) is 3.00. The van der Waals surface area contributed by atoms with Crippen LogP contribution >= 0.6 is 0 Å². The molecule has 2 heterocycles. The van der Waals surface area contributed by atoms with Crippen molar-refractivity contribution >= 4 is 17.3 Å². The second-order valence-electron chi connectivity index (χ2n) is 5.73. The number of nitrogens with zero attached hydrogens (tertiary/aromatic N) is 3. The lowest BCUT2D eigenvalue weighted by atomic mass is 10.1. The zero-order valence-corrected chi connectivity index (χ0v) is 13.2. The molecule has 7 heteroatoms. The maximum Gasteiger partial charge on any atom is 0.276 e. The highest BCUT2D eigenvalue weighted by atomic mass is 16.1. The smallest absolute Gasteiger partial charge is 0.276 e. The molecular weight excluding hydrogens is 292 g/mol. The Hall–Kier alpha value is -2.54. The SMILES string of the molecule is Cc1nc(N)[nH]c(=O)c1N1CCN(c2ccc(CN)cc2)CC1. The third-order valence-electron chi connectivity index (χ3n) is 4.22. The number of piperazine rings is 1. The molecule has 0 unspecified atom stereocenters. The molecule has 122 valence electrons. The molecule has 0 spiro atoms. The van der Waals surface area contributed by atoms with E-state index in [1.165, 1.54) is 5.69 Å². The molecule has 2 aromatic rings. The molecule has 0 aliphatic carbocycles. The maximum absolute atomic E-state index is 12.1. The van der Waals surface area contributed by atoms with E-state index in [0.29, 0.717) is 17.9 Å². The number of anilines is 3. The van der Waals surface area contributed by atoms with Crippen LogP contribution in [0.3, 0.4) is 0 Å². The van der Waals surface area contributed by atoms with Gasteiger partial charge in [0, 0.05) is 38.4 Å². The monoisotopic (exact) mass is 314 g/mol. The quantitative estimate of drug-likeness (QED) is 0.759. The molecule has 0 radical (unpaired) electrons. The van der Waals surface area contributed by atoms with Gasteiger partial charge in [-0.25, -0.2) is 4.98 Å². The van der Waals surface area contributed by atoms with Crippen LogP contribution in [-0.4, -0.2) is 36.1 Å². The van der Waals surface area contributed by atoms with Crippen LogP contribution in [0.2, 0.25) is 0 Å². The lowest BCUT2D eigenvalue weighted by Crippen LogP contribution is -2.48. The van der Waals surface area contributed by atoms with E-state index in [4.69, 9.17) is 11.5 Å². The van der Waals surface area contributed by atoms with E-state index in [9.17, 15) is 4.79 Å². The summed E-state index contributed by atoms with van der Waals surface area (Å²) >= 11 is 0. The van der Waals surface area contributed by atoms with Crippen molar-refractivity contribution in [3.63, 3.8) is 0 Å². The molecule has 0 atom stereocenters. The lowest BCUT2D eigenvalue weighted by Gasteiger charge is -2.37. The van der Waals surface area contributed by atoms with Gasteiger partial charge in [-0.1, -0.05) is 12.1 Å². The van der Waals surface area contributed by atoms with Gasteiger partial charge in [0.1, 0.15) is 5.69 Å². The van der Waals surface area contributed by atoms with E-state index in [1.807, 2.05) is 6.92 Å². The summed E-state index contributed by atoms with van der Waals surface area (Å²) in [6, 6.07) is 8.31. The lowest BCUT2D eigenvalue weighted by molar-refractivity contribution is 0.648. The zero-order chi connectivity index (χ0) is 16.4. The van der Waals surface area contributed by atoms with Gasteiger partial charge in [0.25, 0.3) is 5.56 Å². The van der Waals surface area contributed by atoms with Crippen molar-refractivity contribution < 1.29 is 0 Å². The molecule has 1 fully saturated rings. The van der Waals surface area contributed by atoms with Gasteiger partial charge < -0.3 is 21.3 Å². The van der Waals surface area contributed by atoms with Gasteiger partial charge in [-0.05, 0) is 24.6 Å². The summed E-state index contributed by atoms with van der Waals surface area (Å²) in [6.45, 7) is 5.62. The molecule has 1 aliphatic heterocycles. The predicted molar refractivity (Wildman–Crippen MR) is 92.8 cm³/mol. The Bertz CT molecular complexity index is 731. The van der Waals surface area contributed by atoms with Crippen molar-refractivity contribution in [3.05, 3.63) is 45.9 Å². The molecule has 0 bridgehead atoms. The third kappa shape index (κ3) is 3.14. The Kier molecular flexibility index (Phi) is 4.20. The topological polar surface area (TPSA) is 104 Å². The van der Waals surface area contributed by atoms with E-state index in [-0.39, 0.29) is 11.5 Å². The molecule has 3 rings (SSSR count). The van der Waals surface area contributed by atoms with Crippen LogP contribution in [0.15, 0.2) is 29.1 Å². The van der Waals surface area contributed by atoms with Crippen LogP contribution in [-0.2, 0) is 6.54 Å². The number of hydrogen-bond donors (Lipinski definition) is 3. The summed E-state index contributed by atoms with van der Waals surface area (Å²) in [4.78, 5) is 23.3. The number of rotatable bonds is 3. The van der Waals surface area contributed by atoms with Crippen LogP contribution in [0.1, 0.15) is 11.3 Å². The van der Waals surface area contributed by atoms with Crippen molar-refractivity contribution in [1.82, 2.24) is 9.97 Å². The Labute approximate surface area is 134 Å². The number of aryl methyl sites for hydroxylation is 1. The maximum atomic E-state index is 12.1. The van der Waals surface area contributed by atoms with Crippen LogP contribution in [0.4, 0.5) is 17.3 Å². The van der Waals surface area contributed by atoms with Gasteiger partial charge in [0.15, 0.2) is 0 Å². The number of aromatic nitrogens is 2. The summed E-state index contributed by atoms with van der Waals surface area (Å²) in [6.07, 6.45) is 0. The second kappa shape index (κ2) is 6.29. The highest BCUT2D eigenvalue weighted by molar-refractivity contribution is 5.54. The highest BCUT2D eigenvalue weighted by Gasteiger charge is 2.21. The molecule has 1 aromatic heterocycles. The predicted octanol–water partition coefficient (Wildman–Crippen LogP) is 0.446. The average Bonchev–Trinajstić information content (AvgIpc) is 2.55. The first-order chi connectivity index (χ1) is 11.1. The van der Waals surface area contributed by atoms with Crippen molar-refractivity contribution in [1.29, 1.82) is 0 Å². The Balaban J connectivity index is 1.72. The number of nitrogens with two attached hydrogens (primary N) is 2. The number of nitrogens with one attached hydrogen (secondary N) is 1. The minimum absolute atomic E-state index is 0.162. The summed E-state index contributed by atoms with van der Waals surface area (Å²) in [5, 5.41) is 0. The Morgan fingerprint density at radius 2 is 1.74 bits per heavy atom. The third-order valence-corrected chi connectivity index (χ3v) is 4.22. The van der Waals surface area contributed by atoms with Gasteiger partial charge in [-0.2, -0.15) is 0 Å². The molecule has 0 amide bonds. The summed E-state index contributed by atoms with van der Waals surface area (Å²) in [5.41, 5.74) is 14.6. The number of aromatic amines is 1. The molecule has 5 N–H and O–H groups in total. The summed E-state index contributed by atoms with van der Waals surface area (Å²) in [7, 11) is 0. The zero-order valence-electron chi connectivity index (χ0n) is 13.2. The van der Waals surface area contributed by atoms with E-state index in [1.54, 1.807) is 0 Å². The van der Waals surface area contributed by atoms with Gasteiger partial charge in [0.05, 0.1) is 5.69 Å². The van der Waals surface area contributed by atoms with Crippen molar-refractivity contribution in [2.45, 2.75) is 13.5 Å². The van der Waals surface area contributed by atoms with Gasteiger partial charge in [0.2, 0.25) is 5.95 Å². The fraction of sp³-hybridized carbons (Fsp3) is 0.375. The molecule has 1 aromatic carbocycles. The molecule has 1 aliphatic rings. The molecule has 23 heavy (non-hydrogen) atoms. The first-order valence-corrected chi connectivity index (χ1v) is 7.74. The van der Waals surface area contributed by atoms with Crippen LogP contribution in [0.5, 0.6) is 0 Å². The second-order valence-corrected chi connectivity index (χ2v) is 5.73. The first-order valence-electron chi connectivity index (χ1n) is 7.74. The summed E-state index contributed by atoms with van der Waals surface area (Å²) < 4.78 is 0. The van der Waals surface area contributed by atoms with E-state index < -0.39 is 0 Å². The molecule has 1 saturated heterocycles. The largest absolute Gasteiger partial charge is 0.369 e. The van der Waals surface area contributed by atoms with Gasteiger partial charge in [-0.15, -0.1) is 0 Å². The van der Waals surface area contributed by atoms with Gasteiger partial charge >= 0.3 is 0 Å². The molecular formula is C16H22N6O. The fourth-order valence-corrected chi connectivity index (χ4v) is 3.00. The van der Waals surface area contributed by atoms with Crippen molar-refractivity contribution in [3.8, 4) is 0 Å². The number of hydrogen-bond acceptors (Lipinski definition) is 6. The minimum atomic E-state index is -0.171. The minimum Gasteiger partial charge on any atom is -0.369 e. The number of H-pyrrole nitrogens is 1. The van der Waals surface area contributed by atoms with Crippen molar-refractivity contribution in [2.24, 2.45) is 5.73 Å². The summed E-state index contributed by atoms with van der Waals surface area (Å²) in [5.74, 6) is 0.162. The number of benzene rings is 1. The van der Waals surface area contributed by atoms with Gasteiger partial charge in [-0.3, -0.25) is 9.78 Å². The van der Waals surface area contributed by atoms with E-state index >= 15 is 0 Å². The molecule has 0 saturated carbocycles. The number of nitrogen functional groups attached to an aromatic ring is 1. The first kappa shape index (κ1) is 15.4. The van der Waals surface area contributed by atoms with Crippen molar-refractivity contribution in [2.75, 3.05) is 41.7 Å².